The predicted octanol–water partition coefficient (Wildman–Crippen LogP) is 7.70. The third kappa shape index (κ3) is 4.74. The van der Waals surface area contributed by atoms with E-state index in [9.17, 15) is 31.4 Å². The average Bonchev–Trinajstić information content (AvgIpc) is 3.12. The molecule has 9 heteroatoms. The summed E-state index contributed by atoms with van der Waals surface area (Å²) < 4.78 is 91.1. The molecule has 0 amide bonds. The molecule has 3 nitrogen and oxygen atoms in total. The summed E-state index contributed by atoms with van der Waals surface area (Å²) in [7, 11) is 0. The van der Waals surface area contributed by atoms with Crippen molar-refractivity contribution in [3.63, 3.8) is 0 Å². The lowest BCUT2D eigenvalue weighted by atomic mass is 9.55. The van der Waals surface area contributed by atoms with Gasteiger partial charge in [0.25, 0.3) is 5.60 Å². The predicted molar refractivity (Wildman–Crippen MR) is 123 cm³/mol. The van der Waals surface area contributed by atoms with Gasteiger partial charge in [0.05, 0.1) is 12.7 Å². The number of hydrogen-bond acceptors (Lipinski definition) is 3. The summed E-state index contributed by atoms with van der Waals surface area (Å²) >= 11 is 0. The standard InChI is InChI=1S/C27H36F6O3/c1-3-12-25(26(28,29)30,27(31,32)33)36-15-4-14-35-23-10-9-22-21-7-5-17-16-18(34)6-8-19(17)20(21)11-13-24(22,23)2/h6,8,16,20-23,34H,3-5,7,9-15H2,1-2H3/t20-,21-,22+,23+,24+/m1/s1. The van der Waals surface area contributed by atoms with Crippen molar-refractivity contribution in [2.45, 2.75) is 102 Å². The Bertz CT molecular complexity index is 900. The van der Waals surface area contributed by atoms with Crippen LogP contribution in [0.1, 0.15) is 82.3 Å². The van der Waals surface area contributed by atoms with Gasteiger partial charge < -0.3 is 14.6 Å². The van der Waals surface area contributed by atoms with E-state index in [4.69, 9.17) is 4.74 Å². The lowest BCUT2D eigenvalue weighted by Gasteiger charge is -2.50. The fraction of sp³-hybridized carbons (Fsp3) is 0.778. The first-order valence-electron chi connectivity index (χ1n) is 13.0. The molecule has 1 N–H and O–H groups in total. The minimum atomic E-state index is -5.54. The summed E-state index contributed by atoms with van der Waals surface area (Å²) in [5.74, 6) is 1.73. The molecule has 5 atom stereocenters. The maximum atomic E-state index is 13.4. The highest BCUT2D eigenvalue weighted by molar-refractivity contribution is 5.40. The molecule has 1 aromatic carbocycles. The largest absolute Gasteiger partial charge is 0.508 e. The van der Waals surface area contributed by atoms with Crippen molar-refractivity contribution in [2.75, 3.05) is 13.2 Å². The molecule has 3 aliphatic rings. The van der Waals surface area contributed by atoms with Gasteiger partial charge in [-0.25, -0.2) is 0 Å². The van der Waals surface area contributed by atoms with E-state index >= 15 is 0 Å². The minimum Gasteiger partial charge on any atom is -0.508 e. The Morgan fingerprint density at radius 1 is 1.00 bits per heavy atom. The summed E-state index contributed by atoms with van der Waals surface area (Å²) in [4.78, 5) is 0. The van der Waals surface area contributed by atoms with Gasteiger partial charge >= 0.3 is 12.4 Å². The number of hydrogen-bond donors (Lipinski definition) is 1. The topological polar surface area (TPSA) is 38.7 Å². The molecule has 0 aromatic heterocycles. The van der Waals surface area contributed by atoms with Crippen LogP contribution in [0.25, 0.3) is 0 Å². The van der Waals surface area contributed by atoms with Crippen LogP contribution in [0.5, 0.6) is 5.75 Å². The van der Waals surface area contributed by atoms with Crippen LogP contribution in [0.2, 0.25) is 0 Å². The van der Waals surface area contributed by atoms with Crippen LogP contribution in [-0.2, 0) is 15.9 Å². The Balaban J connectivity index is 1.34. The molecule has 0 bridgehead atoms. The highest BCUT2D eigenvalue weighted by atomic mass is 19.4. The highest BCUT2D eigenvalue weighted by Gasteiger charge is 2.71. The number of rotatable bonds is 8. The van der Waals surface area contributed by atoms with Crippen LogP contribution in [0, 0.1) is 17.3 Å². The Morgan fingerprint density at radius 3 is 2.39 bits per heavy atom. The summed E-state index contributed by atoms with van der Waals surface area (Å²) in [6.07, 6.45) is -6.82. The molecular formula is C27H36F6O3. The third-order valence-corrected chi connectivity index (χ3v) is 9.10. The van der Waals surface area contributed by atoms with E-state index in [1.807, 2.05) is 12.1 Å². The number of phenolic OH excluding ortho intramolecular Hbond substituents is 1. The van der Waals surface area contributed by atoms with Crippen LogP contribution in [0.15, 0.2) is 18.2 Å². The first-order chi connectivity index (χ1) is 16.8. The molecule has 0 spiro atoms. The normalized spacial score (nSPS) is 30.6. The first-order valence-corrected chi connectivity index (χ1v) is 13.0. The van der Waals surface area contributed by atoms with E-state index in [1.54, 1.807) is 6.07 Å². The molecule has 0 unspecified atom stereocenters. The number of benzene rings is 1. The quantitative estimate of drug-likeness (QED) is 0.281. The molecule has 2 saturated carbocycles. The minimum absolute atomic E-state index is 0.0300. The lowest BCUT2D eigenvalue weighted by molar-refractivity contribution is -0.383. The van der Waals surface area contributed by atoms with Gasteiger partial charge in [0.15, 0.2) is 0 Å². The maximum absolute atomic E-state index is 13.4. The SMILES string of the molecule is CCCC(OCCCO[C@H]1CC[C@H]2[C@@H]3CCc4cc(O)ccc4[C@H]3CC[C@]12C)(C(F)(F)F)C(F)(F)F. The Hall–Kier alpha value is -1.48. The van der Waals surface area contributed by atoms with Crippen molar-refractivity contribution in [2.24, 2.45) is 17.3 Å². The molecule has 2 fully saturated rings. The van der Waals surface area contributed by atoms with E-state index in [0.29, 0.717) is 23.5 Å². The number of ether oxygens (including phenoxy) is 2. The van der Waals surface area contributed by atoms with E-state index < -0.39 is 31.0 Å². The molecule has 0 heterocycles. The second-order valence-corrected chi connectivity index (χ2v) is 11.1. The van der Waals surface area contributed by atoms with Crippen molar-refractivity contribution < 1.29 is 40.9 Å². The summed E-state index contributed by atoms with van der Waals surface area (Å²) in [6.45, 7) is 2.91. The fourth-order valence-electron chi connectivity index (χ4n) is 7.36. The number of alkyl halides is 6. The Kier molecular flexibility index (Phi) is 7.66. The molecule has 0 saturated heterocycles. The number of aromatic hydroxyl groups is 1. The van der Waals surface area contributed by atoms with Crippen molar-refractivity contribution >= 4 is 0 Å². The van der Waals surface area contributed by atoms with Gasteiger partial charge in [-0.1, -0.05) is 26.3 Å². The summed E-state index contributed by atoms with van der Waals surface area (Å²) in [5, 5.41) is 9.84. The Labute approximate surface area is 208 Å². The van der Waals surface area contributed by atoms with Crippen LogP contribution in [0.4, 0.5) is 26.3 Å². The number of fused-ring (bicyclic) bond motifs is 5. The van der Waals surface area contributed by atoms with Crippen molar-refractivity contribution in [1.82, 2.24) is 0 Å². The summed E-state index contributed by atoms with van der Waals surface area (Å²) in [6, 6.07) is 5.67. The lowest BCUT2D eigenvalue weighted by Crippen LogP contribution is -2.58. The van der Waals surface area contributed by atoms with Crippen LogP contribution in [0.3, 0.4) is 0 Å². The van der Waals surface area contributed by atoms with Gasteiger partial charge in [-0.05, 0) is 97.8 Å². The highest BCUT2D eigenvalue weighted by Crippen LogP contribution is 2.61. The zero-order valence-electron chi connectivity index (χ0n) is 20.9. The zero-order chi connectivity index (χ0) is 26.4. The third-order valence-electron chi connectivity index (χ3n) is 9.10. The number of aryl methyl sites for hydroxylation is 1. The van der Waals surface area contributed by atoms with Gasteiger partial charge in [-0.3, -0.25) is 0 Å². The average molecular weight is 523 g/mol. The van der Waals surface area contributed by atoms with Crippen molar-refractivity contribution in [3.8, 4) is 5.75 Å². The molecule has 36 heavy (non-hydrogen) atoms. The van der Waals surface area contributed by atoms with Crippen LogP contribution in [-0.4, -0.2) is 42.4 Å². The monoisotopic (exact) mass is 522 g/mol. The van der Waals surface area contributed by atoms with Crippen LogP contribution >= 0.6 is 0 Å². The second-order valence-electron chi connectivity index (χ2n) is 11.1. The summed E-state index contributed by atoms with van der Waals surface area (Å²) in [5.41, 5.74) is -1.63. The van der Waals surface area contributed by atoms with E-state index in [-0.39, 0.29) is 31.0 Å². The molecular weight excluding hydrogens is 486 g/mol. The molecule has 3 aliphatic carbocycles. The van der Waals surface area contributed by atoms with Gasteiger partial charge in [-0.15, -0.1) is 0 Å². The van der Waals surface area contributed by atoms with Crippen molar-refractivity contribution in [1.29, 1.82) is 0 Å². The van der Waals surface area contributed by atoms with Gasteiger partial charge in [0.1, 0.15) is 5.75 Å². The number of phenols is 1. The van der Waals surface area contributed by atoms with Gasteiger partial charge in [0, 0.05) is 6.61 Å². The van der Waals surface area contributed by atoms with Gasteiger partial charge in [-0.2, -0.15) is 26.3 Å². The first kappa shape index (κ1) is 27.6. The zero-order valence-corrected chi connectivity index (χ0v) is 20.9. The molecule has 0 aliphatic heterocycles. The Morgan fingerprint density at radius 2 is 1.72 bits per heavy atom. The molecule has 4 rings (SSSR count). The fourth-order valence-corrected chi connectivity index (χ4v) is 7.36. The maximum Gasteiger partial charge on any atom is 0.426 e. The van der Waals surface area contributed by atoms with E-state index in [0.717, 1.165) is 38.5 Å². The molecule has 204 valence electrons. The van der Waals surface area contributed by atoms with E-state index in [1.165, 1.54) is 18.1 Å². The molecule has 1 aromatic rings. The molecule has 0 radical (unpaired) electrons. The smallest absolute Gasteiger partial charge is 0.426 e. The van der Waals surface area contributed by atoms with Crippen LogP contribution < -0.4 is 0 Å². The second kappa shape index (κ2) is 10.0. The van der Waals surface area contributed by atoms with Crippen molar-refractivity contribution in [3.05, 3.63) is 29.3 Å². The van der Waals surface area contributed by atoms with Gasteiger partial charge in [0.2, 0.25) is 0 Å². The van der Waals surface area contributed by atoms with E-state index in [2.05, 4.69) is 11.7 Å². The number of halogens is 6.